The van der Waals surface area contributed by atoms with Crippen molar-refractivity contribution in [3.05, 3.63) is 129 Å². The van der Waals surface area contributed by atoms with E-state index in [1.165, 1.54) is 17.0 Å². The van der Waals surface area contributed by atoms with Gasteiger partial charge < -0.3 is 9.47 Å². The van der Waals surface area contributed by atoms with Crippen LogP contribution in [0.1, 0.15) is 11.1 Å². The minimum absolute atomic E-state index is 0.289. The number of ether oxygens (including phenoxy) is 2. The van der Waals surface area contributed by atoms with Crippen LogP contribution in [0.3, 0.4) is 0 Å². The summed E-state index contributed by atoms with van der Waals surface area (Å²) >= 11 is 3.45. The Morgan fingerprint density at radius 3 is 2.46 bits per heavy atom. The van der Waals surface area contributed by atoms with Gasteiger partial charge in [0.05, 0.1) is 24.2 Å². The van der Waals surface area contributed by atoms with Gasteiger partial charge in [-0.25, -0.2) is 9.78 Å². The summed E-state index contributed by atoms with van der Waals surface area (Å²) in [5.41, 5.74) is 2.28. The minimum atomic E-state index is -0.542. The first-order valence-corrected chi connectivity index (χ1v) is 12.8. The highest BCUT2D eigenvalue weighted by Gasteiger charge is 2.13. The van der Waals surface area contributed by atoms with Crippen LogP contribution >= 0.6 is 15.9 Å². The first-order chi connectivity index (χ1) is 19.0. The summed E-state index contributed by atoms with van der Waals surface area (Å²) in [6.07, 6.45) is 4.51. The van der Waals surface area contributed by atoms with Gasteiger partial charge in [-0.15, -0.1) is 0 Å². The monoisotopic (exact) mass is 579 g/mol. The van der Waals surface area contributed by atoms with Crippen LogP contribution in [0.5, 0.6) is 11.5 Å². The summed E-state index contributed by atoms with van der Waals surface area (Å²) in [6, 6.07) is 28.9. The van der Waals surface area contributed by atoms with E-state index < -0.39 is 5.97 Å². The summed E-state index contributed by atoms with van der Waals surface area (Å²) in [7, 11) is 1.59. The average Bonchev–Trinajstić information content (AvgIpc) is 2.97. The van der Waals surface area contributed by atoms with Crippen molar-refractivity contribution in [2.45, 2.75) is 0 Å². The Balaban J connectivity index is 1.53. The van der Waals surface area contributed by atoms with Crippen molar-refractivity contribution in [2.24, 2.45) is 5.10 Å². The van der Waals surface area contributed by atoms with Crippen LogP contribution in [-0.2, 0) is 4.79 Å². The van der Waals surface area contributed by atoms with Crippen LogP contribution in [0.4, 0.5) is 0 Å². The number of hydrogen-bond acceptors (Lipinski definition) is 6. The standard InChI is InChI=1S/C31H22BrN3O4/c1-38-25-15-12-22(13-16-25)30-34-27-10-6-5-9-26(27)31(37)35(30)33-20-23-19-24(32)14-17-28(23)39-29(36)18-11-21-7-3-2-4-8-21/h2-20H,1H3/b18-11+,33-20?. The van der Waals surface area contributed by atoms with Gasteiger partial charge in [-0.3, -0.25) is 4.79 Å². The Hall–Kier alpha value is -4.82. The van der Waals surface area contributed by atoms with Crippen molar-refractivity contribution >= 4 is 45.1 Å². The van der Waals surface area contributed by atoms with Gasteiger partial charge in [0, 0.05) is 21.7 Å². The van der Waals surface area contributed by atoms with Crippen molar-refractivity contribution in [2.75, 3.05) is 7.11 Å². The van der Waals surface area contributed by atoms with Gasteiger partial charge in [0.2, 0.25) is 0 Å². The fourth-order valence-electron chi connectivity index (χ4n) is 3.86. The van der Waals surface area contributed by atoms with E-state index >= 15 is 0 Å². The molecule has 0 bridgehead atoms. The molecule has 0 spiro atoms. The summed E-state index contributed by atoms with van der Waals surface area (Å²) < 4.78 is 12.9. The Morgan fingerprint density at radius 1 is 0.949 bits per heavy atom. The third-order valence-electron chi connectivity index (χ3n) is 5.81. The Labute approximate surface area is 232 Å². The lowest BCUT2D eigenvalue weighted by atomic mass is 10.2. The molecular formula is C31H22BrN3O4. The molecule has 0 unspecified atom stereocenters. The van der Waals surface area contributed by atoms with Gasteiger partial charge in [0.1, 0.15) is 11.5 Å². The van der Waals surface area contributed by atoms with Crippen molar-refractivity contribution in [1.82, 2.24) is 9.66 Å². The normalized spacial score (nSPS) is 11.3. The topological polar surface area (TPSA) is 82.8 Å². The van der Waals surface area contributed by atoms with Crippen LogP contribution in [0, 0.1) is 0 Å². The molecular weight excluding hydrogens is 558 g/mol. The van der Waals surface area contributed by atoms with Crippen molar-refractivity contribution < 1.29 is 14.3 Å². The molecule has 0 saturated heterocycles. The second kappa shape index (κ2) is 11.7. The molecule has 8 heteroatoms. The molecule has 5 aromatic rings. The predicted molar refractivity (Wildman–Crippen MR) is 156 cm³/mol. The molecule has 1 heterocycles. The molecule has 0 aliphatic rings. The number of nitrogens with zero attached hydrogens (tertiary/aromatic N) is 3. The zero-order valence-electron chi connectivity index (χ0n) is 20.8. The average molecular weight is 580 g/mol. The van der Waals surface area contributed by atoms with Gasteiger partial charge in [0.15, 0.2) is 5.82 Å². The van der Waals surface area contributed by atoms with Crippen LogP contribution in [0.25, 0.3) is 28.4 Å². The number of fused-ring (bicyclic) bond motifs is 1. The quantitative estimate of drug-likeness (QED) is 0.0972. The lowest BCUT2D eigenvalue weighted by Gasteiger charge is -2.11. The van der Waals surface area contributed by atoms with E-state index in [1.807, 2.05) is 48.5 Å². The van der Waals surface area contributed by atoms with Crippen LogP contribution in [-0.4, -0.2) is 29.0 Å². The number of rotatable bonds is 7. The van der Waals surface area contributed by atoms with Crippen molar-refractivity contribution in [3.63, 3.8) is 0 Å². The molecule has 0 aliphatic heterocycles. The molecule has 7 nitrogen and oxygen atoms in total. The van der Waals surface area contributed by atoms with Gasteiger partial charge in [-0.1, -0.05) is 58.4 Å². The van der Waals surface area contributed by atoms with Gasteiger partial charge in [-0.2, -0.15) is 9.78 Å². The first kappa shape index (κ1) is 25.8. The number of carbonyl (C=O) groups is 1. The number of aromatic nitrogens is 2. The third-order valence-corrected chi connectivity index (χ3v) is 6.30. The maximum atomic E-state index is 13.5. The Kier molecular flexibility index (Phi) is 7.75. The van der Waals surface area contributed by atoms with Gasteiger partial charge in [0.25, 0.3) is 5.56 Å². The smallest absolute Gasteiger partial charge is 0.336 e. The molecule has 0 N–H and O–H groups in total. The SMILES string of the molecule is COc1ccc(-c2nc3ccccc3c(=O)n2N=Cc2cc(Br)ccc2OC(=O)/C=C/c2ccccc2)cc1. The van der Waals surface area contributed by atoms with Crippen LogP contribution in [0.2, 0.25) is 0 Å². The maximum absolute atomic E-state index is 13.5. The van der Waals surface area contributed by atoms with Crippen molar-refractivity contribution in [3.8, 4) is 22.9 Å². The fourth-order valence-corrected chi connectivity index (χ4v) is 4.24. The van der Waals surface area contributed by atoms with E-state index in [4.69, 9.17) is 14.5 Å². The van der Waals surface area contributed by atoms with Gasteiger partial charge >= 0.3 is 5.97 Å². The van der Waals surface area contributed by atoms with Gasteiger partial charge in [-0.05, 0) is 66.2 Å². The number of methoxy groups -OCH3 is 1. The van der Waals surface area contributed by atoms with E-state index in [9.17, 15) is 9.59 Å². The molecule has 1 aromatic heterocycles. The van der Waals surface area contributed by atoms with E-state index in [0.717, 1.165) is 10.0 Å². The molecule has 5 rings (SSSR count). The number of para-hydroxylation sites is 1. The van der Waals surface area contributed by atoms with Crippen LogP contribution < -0.4 is 15.0 Å². The highest BCUT2D eigenvalue weighted by Crippen LogP contribution is 2.24. The fraction of sp³-hybridized carbons (Fsp3) is 0.0323. The minimum Gasteiger partial charge on any atom is -0.497 e. The zero-order valence-corrected chi connectivity index (χ0v) is 22.4. The van der Waals surface area contributed by atoms with E-state index in [0.29, 0.717) is 33.6 Å². The number of hydrogen-bond donors (Lipinski definition) is 0. The second-order valence-electron chi connectivity index (χ2n) is 8.39. The largest absolute Gasteiger partial charge is 0.497 e. The summed E-state index contributed by atoms with van der Waals surface area (Å²) in [5, 5.41) is 4.93. The highest BCUT2D eigenvalue weighted by atomic mass is 79.9. The Bertz CT molecular complexity index is 1760. The Morgan fingerprint density at radius 2 is 1.69 bits per heavy atom. The molecule has 39 heavy (non-hydrogen) atoms. The van der Waals surface area contributed by atoms with Crippen LogP contribution in [0.15, 0.2) is 118 Å². The molecule has 0 fully saturated rings. The molecule has 0 amide bonds. The number of halogens is 1. The summed E-state index contributed by atoms with van der Waals surface area (Å²) in [6.45, 7) is 0. The number of esters is 1. The first-order valence-electron chi connectivity index (χ1n) is 12.0. The van der Waals surface area contributed by atoms with E-state index in [2.05, 4.69) is 21.0 Å². The zero-order chi connectivity index (χ0) is 27.2. The lowest BCUT2D eigenvalue weighted by molar-refractivity contribution is -0.128. The summed E-state index contributed by atoms with van der Waals surface area (Å²) in [4.78, 5) is 30.8. The number of benzene rings is 4. The lowest BCUT2D eigenvalue weighted by Crippen LogP contribution is -2.20. The predicted octanol–water partition coefficient (Wildman–Crippen LogP) is 6.34. The molecule has 0 aliphatic carbocycles. The van der Waals surface area contributed by atoms with E-state index in [-0.39, 0.29) is 11.3 Å². The third kappa shape index (κ3) is 6.02. The number of carbonyl (C=O) groups excluding carboxylic acids is 1. The van der Waals surface area contributed by atoms with E-state index in [1.54, 1.807) is 61.7 Å². The molecule has 0 saturated carbocycles. The second-order valence-corrected chi connectivity index (χ2v) is 9.31. The molecule has 0 radical (unpaired) electrons. The van der Waals surface area contributed by atoms with Crippen molar-refractivity contribution in [1.29, 1.82) is 0 Å². The molecule has 192 valence electrons. The molecule has 0 atom stereocenters. The molecule has 4 aromatic carbocycles. The highest BCUT2D eigenvalue weighted by molar-refractivity contribution is 9.10. The maximum Gasteiger partial charge on any atom is 0.336 e. The summed E-state index contributed by atoms with van der Waals surface area (Å²) in [5.74, 6) is 0.785.